The number of hydrogen-bond acceptors (Lipinski definition) is 4. The third-order valence-electron chi connectivity index (χ3n) is 2.38. The van der Waals surface area contributed by atoms with Gasteiger partial charge in [0.25, 0.3) is 5.56 Å². The minimum absolute atomic E-state index is 0.0857. The lowest BCUT2D eigenvalue weighted by molar-refractivity contribution is -0.136. The summed E-state index contributed by atoms with van der Waals surface area (Å²) >= 11 is 0. The van der Waals surface area contributed by atoms with Crippen LogP contribution in [0.2, 0.25) is 0 Å². The molecule has 0 aliphatic rings. The van der Waals surface area contributed by atoms with Crippen LogP contribution in [0, 0.1) is 0 Å². The second-order valence-corrected chi connectivity index (χ2v) is 3.57. The van der Waals surface area contributed by atoms with Crippen LogP contribution < -0.4 is 5.56 Å². The number of alkyl halides is 3. The normalized spacial score (nSPS) is 11.8. The molecule has 0 unspecified atom stereocenters. The summed E-state index contributed by atoms with van der Waals surface area (Å²) < 4.78 is 43.6. The predicted octanol–water partition coefficient (Wildman–Crippen LogP) is 1.45. The van der Waals surface area contributed by atoms with Crippen molar-refractivity contribution in [1.82, 2.24) is 15.2 Å². The number of ether oxygens (including phenoxy) is 1. The van der Waals surface area contributed by atoms with Gasteiger partial charge in [0.05, 0.1) is 23.1 Å². The number of rotatable bonds is 2. The number of halogens is 3. The summed E-state index contributed by atoms with van der Waals surface area (Å²) in [6, 6.07) is 0. The lowest BCUT2D eigenvalue weighted by Gasteiger charge is -2.11. The van der Waals surface area contributed by atoms with E-state index in [0.717, 1.165) is 6.20 Å². The van der Waals surface area contributed by atoms with Crippen LogP contribution in [0.5, 0.6) is 0 Å². The molecule has 0 bridgehead atoms. The molecule has 6 nitrogen and oxygen atoms in total. The third-order valence-corrected chi connectivity index (χ3v) is 2.38. The Morgan fingerprint density at radius 2 is 2.11 bits per heavy atom. The Hall–Kier alpha value is -2.32. The maximum absolute atomic E-state index is 13.0. The first-order valence-corrected chi connectivity index (χ1v) is 5.20. The summed E-state index contributed by atoms with van der Waals surface area (Å²) in [5.74, 6) is -1.18. The highest BCUT2D eigenvalue weighted by atomic mass is 19.4. The highest BCUT2D eigenvalue weighted by Gasteiger charge is 2.39. The fourth-order valence-electron chi connectivity index (χ4n) is 1.66. The SMILES string of the molecule is CCOC(=O)c1cnc2[nH][nH]c(=O)c2c1C(F)(F)F. The van der Waals surface area contributed by atoms with Gasteiger partial charge in [-0.15, -0.1) is 0 Å². The van der Waals surface area contributed by atoms with Crippen LogP contribution in [-0.2, 0) is 10.9 Å². The molecule has 102 valence electrons. The number of H-pyrrole nitrogens is 2. The van der Waals surface area contributed by atoms with Crippen LogP contribution in [-0.4, -0.2) is 27.8 Å². The Bertz CT molecular complexity index is 687. The van der Waals surface area contributed by atoms with Gasteiger partial charge in [0.2, 0.25) is 0 Å². The van der Waals surface area contributed by atoms with E-state index in [1.54, 1.807) is 0 Å². The van der Waals surface area contributed by atoms with Crippen molar-refractivity contribution in [2.24, 2.45) is 0 Å². The highest BCUT2D eigenvalue weighted by Crippen LogP contribution is 2.35. The van der Waals surface area contributed by atoms with Crippen molar-refractivity contribution in [3.63, 3.8) is 0 Å². The van der Waals surface area contributed by atoms with E-state index in [1.807, 2.05) is 5.10 Å². The number of nitrogens with one attached hydrogen (secondary N) is 2. The number of fused-ring (bicyclic) bond motifs is 1. The molecule has 2 aromatic rings. The molecular weight excluding hydrogens is 267 g/mol. The number of carbonyl (C=O) groups excluding carboxylic acids is 1. The summed E-state index contributed by atoms with van der Waals surface area (Å²) in [7, 11) is 0. The van der Waals surface area contributed by atoms with Gasteiger partial charge >= 0.3 is 12.1 Å². The van der Waals surface area contributed by atoms with Gasteiger partial charge in [-0.1, -0.05) is 0 Å². The monoisotopic (exact) mass is 275 g/mol. The smallest absolute Gasteiger partial charge is 0.418 e. The zero-order valence-electron chi connectivity index (χ0n) is 9.59. The standard InChI is InChI=1S/C10H8F3N3O3/c1-2-19-9(18)4-3-14-7-5(8(17)16-15-7)6(4)10(11,12)13/h3H,2H2,1H3,(H2,14,15,16,17). The Kier molecular flexibility index (Phi) is 3.05. The molecule has 0 radical (unpaired) electrons. The molecule has 0 aromatic carbocycles. The Morgan fingerprint density at radius 3 is 2.68 bits per heavy atom. The molecular formula is C10H8F3N3O3. The van der Waals surface area contributed by atoms with Gasteiger partial charge in [-0.25, -0.2) is 9.78 Å². The van der Waals surface area contributed by atoms with Gasteiger partial charge in [0.1, 0.15) is 0 Å². The fourth-order valence-corrected chi connectivity index (χ4v) is 1.66. The molecule has 0 saturated carbocycles. The van der Waals surface area contributed by atoms with E-state index >= 15 is 0 Å². The van der Waals surface area contributed by atoms with Gasteiger partial charge in [-0.2, -0.15) is 13.2 Å². The Balaban J connectivity index is 2.81. The quantitative estimate of drug-likeness (QED) is 0.812. The fraction of sp³-hybridized carbons (Fsp3) is 0.300. The first-order chi connectivity index (χ1) is 8.86. The van der Waals surface area contributed by atoms with Crippen molar-refractivity contribution in [1.29, 1.82) is 0 Å². The number of hydrogen-bond donors (Lipinski definition) is 2. The minimum Gasteiger partial charge on any atom is -0.462 e. The van der Waals surface area contributed by atoms with Crippen LogP contribution >= 0.6 is 0 Å². The van der Waals surface area contributed by atoms with E-state index in [1.165, 1.54) is 6.92 Å². The molecule has 9 heteroatoms. The number of nitrogens with zero attached hydrogens (tertiary/aromatic N) is 1. The number of esters is 1. The maximum atomic E-state index is 13.0. The Labute approximate surface area is 103 Å². The molecule has 2 aromatic heterocycles. The molecule has 2 rings (SSSR count). The largest absolute Gasteiger partial charge is 0.462 e. The predicted molar refractivity (Wildman–Crippen MR) is 57.7 cm³/mol. The number of pyridine rings is 1. The molecule has 2 N–H and O–H groups in total. The highest BCUT2D eigenvalue weighted by molar-refractivity contribution is 5.96. The van der Waals surface area contributed by atoms with Gasteiger partial charge < -0.3 is 4.74 Å². The Morgan fingerprint density at radius 1 is 1.42 bits per heavy atom. The van der Waals surface area contributed by atoms with Crippen LogP contribution in [0.4, 0.5) is 13.2 Å². The average Bonchev–Trinajstić information content (AvgIpc) is 2.69. The molecule has 2 heterocycles. The van der Waals surface area contributed by atoms with Crippen LogP contribution in [0.1, 0.15) is 22.8 Å². The molecule has 0 saturated heterocycles. The van der Waals surface area contributed by atoms with Gasteiger partial charge in [0, 0.05) is 6.20 Å². The molecule has 0 aliphatic carbocycles. The van der Waals surface area contributed by atoms with Crippen molar-refractivity contribution in [3.8, 4) is 0 Å². The molecule has 0 aliphatic heterocycles. The minimum atomic E-state index is -4.88. The van der Waals surface area contributed by atoms with Crippen molar-refractivity contribution in [3.05, 3.63) is 27.7 Å². The summed E-state index contributed by atoms with van der Waals surface area (Å²) in [6.45, 7) is 1.37. The van der Waals surface area contributed by atoms with Crippen molar-refractivity contribution in [2.45, 2.75) is 13.1 Å². The van der Waals surface area contributed by atoms with Crippen LogP contribution in [0.15, 0.2) is 11.0 Å². The van der Waals surface area contributed by atoms with E-state index < -0.39 is 34.2 Å². The molecule has 0 amide bonds. The van der Waals surface area contributed by atoms with Crippen molar-refractivity contribution in [2.75, 3.05) is 6.61 Å². The molecule has 0 spiro atoms. The first-order valence-electron chi connectivity index (χ1n) is 5.20. The second-order valence-electron chi connectivity index (χ2n) is 3.57. The van der Waals surface area contributed by atoms with Crippen LogP contribution in [0.25, 0.3) is 11.0 Å². The zero-order chi connectivity index (χ0) is 14.2. The lowest BCUT2D eigenvalue weighted by Crippen LogP contribution is -2.18. The van der Waals surface area contributed by atoms with Gasteiger partial charge in [-0.3, -0.25) is 15.0 Å². The second kappa shape index (κ2) is 4.41. The zero-order valence-corrected chi connectivity index (χ0v) is 9.59. The van der Waals surface area contributed by atoms with Gasteiger partial charge in [-0.05, 0) is 6.92 Å². The van der Waals surface area contributed by atoms with E-state index in [-0.39, 0.29) is 12.3 Å². The van der Waals surface area contributed by atoms with Crippen molar-refractivity contribution >= 4 is 17.0 Å². The third kappa shape index (κ3) is 2.18. The van der Waals surface area contributed by atoms with Crippen LogP contribution in [0.3, 0.4) is 0 Å². The summed E-state index contributed by atoms with van der Waals surface area (Å²) in [4.78, 5) is 26.5. The first kappa shape index (κ1) is 13.1. The van der Waals surface area contributed by atoms with Crippen molar-refractivity contribution < 1.29 is 22.7 Å². The van der Waals surface area contributed by atoms with E-state index in [0.29, 0.717) is 0 Å². The molecule has 19 heavy (non-hydrogen) atoms. The maximum Gasteiger partial charge on any atom is 0.418 e. The summed E-state index contributed by atoms with van der Waals surface area (Å²) in [5, 5.41) is 3.48. The number of aromatic nitrogens is 3. The lowest BCUT2D eigenvalue weighted by atomic mass is 10.1. The number of carbonyl (C=O) groups is 1. The molecule has 0 fully saturated rings. The average molecular weight is 275 g/mol. The van der Waals surface area contributed by atoms with Gasteiger partial charge in [0.15, 0.2) is 5.65 Å². The van der Waals surface area contributed by atoms with E-state index in [2.05, 4.69) is 14.8 Å². The topological polar surface area (TPSA) is 87.8 Å². The number of aromatic amines is 2. The van der Waals surface area contributed by atoms with E-state index in [9.17, 15) is 22.8 Å². The summed E-state index contributed by atoms with van der Waals surface area (Å²) in [6.07, 6.45) is -4.15. The van der Waals surface area contributed by atoms with E-state index in [4.69, 9.17) is 0 Å². The summed E-state index contributed by atoms with van der Waals surface area (Å²) in [5.41, 5.74) is -3.41. The molecule has 0 atom stereocenters.